The fourth-order valence-electron chi connectivity index (χ4n) is 10.3. The molecule has 5 aromatic carbocycles. The van der Waals surface area contributed by atoms with Gasteiger partial charge in [0.15, 0.2) is 5.78 Å². The number of carbonyl (C=O) groups is 5. The van der Waals surface area contributed by atoms with E-state index in [0.717, 1.165) is 5.57 Å². The van der Waals surface area contributed by atoms with E-state index in [9.17, 15) is 19.5 Å². The molecule has 0 bridgehead atoms. The number of nitrogens with zero attached hydrogens (tertiary/aromatic N) is 2. The van der Waals surface area contributed by atoms with E-state index in [1.165, 1.54) is 9.80 Å². The van der Waals surface area contributed by atoms with Gasteiger partial charge < -0.3 is 9.84 Å². The Labute approximate surface area is 338 Å². The summed E-state index contributed by atoms with van der Waals surface area (Å²) in [6.45, 7) is 0. The van der Waals surface area contributed by atoms with E-state index >= 15 is 9.59 Å². The zero-order chi connectivity index (χ0) is 39.9. The van der Waals surface area contributed by atoms with Crippen molar-refractivity contribution in [2.45, 2.75) is 24.7 Å². The Morgan fingerprint density at radius 2 is 1.45 bits per heavy atom. The minimum atomic E-state index is -1.45. The molecule has 1 saturated carbocycles. The summed E-state index contributed by atoms with van der Waals surface area (Å²) in [4.78, 5) is 75.4. The maximum Gasteiger partial charge on any atom is 0.246 e. The molecule has 1 N–H and O–H groups in total. The highest BCUT2D eigenvalue weighted by Crippen LogP contribution is 2.64. The van der Waals surface area contributed by atoms with Crippen LogP contribution in [0.3, 0.4) is 0 Å². The van der Waals surface area contributed by atoms with Crippen LogP contribution in [0.4, 0.5) is 11.4 Å². The first-order valence-electron chi connectivity index (χ1n) is 19.3. The molecule has 9 nitrogen and oxygen atoms in total. The van der Waals surface area contributed by atoms with Crippen LogP contribution in [0.5, 0.6) is 11.5 Å². The number of benzene rings is 5. The molecule has 5 aromatic rings. The fourth-order valence-corrected chi connectivity index (χ4v) is 10.5. The zero-order valence-corrected chi connectivity index (χ0v) is 31.7. The van der Waals surface area contributed by atoms with Crippen LogP contribution in [0, 0.1) is 29.6 Å². The summed E-state index contributed by atoms with van der Waals surface area (Å²) < 4.78 is 6.22. The minimum Gasteiger partial charge on any atom is -0.508 e. The van der Waals surface area contributed by atoms with Crippen molar-refractivity contribution in [2.75, 3.05) is 9.80 Å². The largest absolute Gasteiger partial charge is 0.508 e. The van der Waals surface area contributed by atoms with Crippen LogP contribution >= 0.6 is 11.6 Å². The van der Waals surface area contributed by atoms with Gasteiger partial charge in [-0.3, -0.25) is 28.9 Å². The number of ether oxygens (including phenoxy) is 1. The topological polar surface area (TPSA) is 121 Å². The molecular formula is C48H35ClN2O7. The van der Waals surface area contributed by atoms with Gasteiger partial charge in [0.25, 0.3) is 0 Å². The number of imide groups is 2. The average molecular weight is 787 g/mol. The summed E-state index contributed by atoms with van der Waals surface area (Å²) in [5, 5.41) is 10.9. The average Bonchev–Trinajstić information content (AvgIpc) is 3.64. The smallest absolute Gasteiger partial charge is 0.246 e. The number of rotatable bonds is 6. The summed E-state index contributed by atoms with van der Waals surface area (Å²) in [6, 6.07) is 36.2. The summed E-state index contributed by atoms with van der Waals surface area (Å²) in [5.41, 5.74) is 3.09. The standard InChI is InChI=1S/C48H35ClN2O7/c49-32-12-7-13-34(24-32)51-45(55)39-25-38-36(42(48(39,47(51)57)31-10-5-2-6-11-31)30-22-29-23-35(52)18-21-40(29)58-26-30)19-20-37-41(38)46(56)50(44(37)54)33-16-14-28(15-17-33)43(53)27-8-3-1-4-9-27/h1-19,21,23-24,26,37-39,41-42,52H,20,22,25H2/t37-,38+,39-,41-,42-,48+/m0/s1. The lowest BCUT2D eigenvalue weighted by Crippen LogP contribution is -2.55. The Kier molecular flexibility index (Phi) is 8.35. The van der Waals surface area contributed by atoms with Crippen LogP contribution in [0.25, 0.3) is 0 Å². The molecule has 0 spiro atoms. The molecule has 0 aromatic heterocycles. The molecule has 0 unspecified atom stereocenters. The number of allylic oxidation sites excluding steroid dienone is 3. The first-order chi connectivity index (χ1) is 28.2. The van der Waals surface area contributed by atoms with Gasteiger partial charge >= 0.3 is 0 Å². The molecular weight excluding hydrogens is 752 g/mol. The number of fused-ring (bicyclic) bond motifs is 5. The highest BCUT2D eigenvalue weighted by molar-refractivity contribution is 6.32. The molecule has 2 aliphatic carbocycles. The summed E-state index contributed by atoms with van der Waals surface area (Å²) in [6.07, 6.45) is 4.35. The predicted octanol–water partition coefficient (Wildman–Crippen LogP) is 8.00. The normalized spacial score (nSPS) is 25.9. The van der Waals surface area contributed by atoms with Crippen molar-refractivity contribution in [1.82, 2.24) is 0 Å². The molecule has 58 heavy (non-hydrogen) atoms. The molecule has 10 rings (SSSR count). The third-order valence-electron chi connectivity index (χ3n) is 12.7. The van der Waals surface area contributed by atoms with E-state index < -0.39 is 46.8 Å². The van der Waals surface area contributed by atoms with E-state index in [2.05, 4.69) is 0 Å². The monoisotopic (exact) mass is 786 g/mol. The van der Waals surface area contributed by atoms with Crippen LogP contribution in [0.15, 0.2) is 151 Å². The van der Waals surface area contributed by atoms with Gasteiger partial charge in [0.2, 0.25) is 23.6 Å². The van der Waals surface area contributed by atoms with Crippen molar-refractivity contribution in [1.29, 1.82) is 0 Å². The van der Waals surface area contributed by atoms with Gasteiger partial charge in [-0.2, -0.15) is 0 Å². The Bertz CT molecular complexity index is 2640. The lowest BCUT2D eigenvalue weighted by atomic mass is 9.48. The lowest BCUT2D eigenvalue weighted by molar-refractivity contribution is -0.128. The third-order valence-corrected chi connectivity index (χ3v) is 13.0. The Morgan fingerprint density at radius 3 is 2.19 bits per heavy atom. The predicted molar refractivity (Wildman–Crippen MR) is 216 cm³/mol. The van der Waals surface area contributed by atoms with Crippen molar-refractivity contribution in [3.63, 3.8) is 0 Å². The van der Waals surface area contributed by atoms with Gasteiger partial charge in [-0.1, -0.05) is 90.0 Å². The molecule has 6 atom stereocenters. The fraction of sp³-hybridized carbons (Fsp3) is 0.188. The van der Waals surface area contributed by atoms with Crippen LogP contribution in [-0.2, 0) is 31.0 Å². The number of carbonyl (C=O) groups excluding carboxylic acids is 5. The number of anilines is 2. The maximum atomic E-state index is 15.5. The number of aromatic hydroxyl groups is 1. The van der Waals surface area contributed by atoms with Gasteiger partial charge in [-0.15, -0.1) is 0 Å². The van der Waals surface area contributed by atoms with E-state index in [1.807, 2.05) is 42.5 Å². The van der Waals surface area contributed by atoms with Gasteiger partial charge in [0.05, 0.1) is 40.8 Å². The second-order valence-electron chi connectivity index (χ2n) is 15.6. The Hall–Kier alpha value is -6.58. The molecule has 3 fully saturated rings. The highest BCUT2D eigenvalue weighted by atomic mass is 35.5. The van der Waals surface area contributed by atoms with E-state index in [1.54, 1.807) is 97.3 Å². The van der Waals surface area contributed by atoms with E-state index in [0.29, 0.717) is 56.4 Å². The van der Waals surface area contributed by atoms with Crippen molar-refractivity contribution in [2.24, 2.45) is 29.6 Å². The molecule has 10 heteroatoms. The summed E-state index contributed by atoms with van der Waals surface area (Å²) in [5.74, 6) is -4.86. The summed E-state index contributed by atoms with van der Waals surface area (Å²) in [7, 11) is 0. The zero-order valence-electron chi connectivity index (χ0n) is 31.0. The second-order valence-corrected chi connectivity index (χ2v) is 16.1. The number of halogens is 1. The van der Waals surface area contributed by atoms with Crippen molar-refractivity contribution in [3.8, 4) is 11.5 Å². The SMILES string of the molecule is O=C(c1ccccc1)c1ccc(N2C(=O)[C@H]3[C@H](CC=C4[C@H](C5=COc6ccc(O)cc6C5)[C@]5(c6ccccc6)C(=O)N(c6cccc(Cl)c6)C(=O)[C@@H]5C[C@H]43)C2=O)cc1. The summed E-state index contributed by atoms with van der Waals surface area (Å²) >= 11 is 6.45. The first kappa shape index (κ1) is 35.8. The molecule has 4 amide bonds. The van der Waals surface area contributed by atoms with Crippen LogP contribution in [0.2, 0.25) is 5.02 Å². The number of ketones is 1. The number of phenolic OH excluding ortho intramolecular Hbond substituents is 1. The van der Waals surface area contributed by atoms with Crippen LogP contribution in [-0.4, -0.2) is 34.5 Å². The van der Waals surface area contributed by atoms with Crippen molar-refractivity contribution >= 4 is 52.4 Å². The molecule has 3 aliphatic heterocycles. The van der Waals surface area contributed by atoms with Crippen LogP contribution < -0.4 is 14.5 Å². The lowest BCUT2D eigenvalue weighted by Gasteiger charge is -2.51. The molecule has 0 radical (unpaired) electrons. The molecule has 5 aliphatic rings. The van der Waals surface area contributed by atoms with Gasteiger partial charge in [0.1, 0.15) is 11.5 Å². The van der Waals surface area contributed by atoms with Crippen LogP contribution in [0.1, 0.15) is 39.9 Å². The Balaban J connectivity index is 1.10. The minimum absolute atomic E-state index is 0.0624. The van der Waals surface area contributed by atoms with Crippen molar-refractivity contribution in [3.05, 3.63) is 178 Å². The van der Waals surface area contributed by atoms with Gasteiger partial charge in [0, 0.05) is 34.1 Å². The van der Waals surface area contributed by atoms with Crippen molar-refractivity contribution < 1.29 is 33.8 Å². The molecule has 2 saturated heterocycles. The maximum absolute atomic E-state index is 15.5. The quantitative estimate of drug-likeness (QED) is 0.105. The Morgan fingerprint density at radius 1 is 0.724 bits per heavy atom. The molecule has 286 valence electrons. The number of hydrogen-bond donors (Lipinski definition) is 1. The second kappa shape index (κ2) is 13.5. The van der Waals surface area contributed by atoms with Gasteiger partial charge in [-0.25, -0.2) is 4.90 Å². The molecule has 3 heterocycles. The van der Waals surface area contributed by atoms with E-state index in [4.69, 9.17) is 16.3 Å². The number of hydrogen-bond acceptors (Lipinski definition) is 7. The highest BCUT2D eigenvalue weighted by Gasteiger charge is 2.70. The third kappa shape index (κ3) is 5.26. The van der Waals surface area contributed by atoms with Gasteiger partial charge in [-0.05, 0) is 90.6 Å². The van der Waals surface area contributed by atoms with E-state index in [-0.39, 0.29) is 36.2 Å². The number of amides is 4. The number of phenols is 1. The first-order valence-corrected chi connectivity index (χ1v) is 19.7.